The van der Waals surface area contributed by atoms with Crippen LogP contribution in [0, 0.1) is 0 Å². The number of benzene rings is 1. The number of sulfone groups is 1. The van der Waals surface area contributed by atoms with Crippen molar-refractivity contribution in [3.05, 3.63) is 50.7 Å². The Morgan fingerprint density at radius 1 is 1.13 bits per heavy atom. The van der Waals surface area contributed by atoms with Gasteiger partial charge < -0.3 is 15.5 Å². The Morgan fingerprint density at radius 3 is 2.52 bits per heavy atom. The van der Waals surface area contributed by atoms with Crippen LogP contribution in [-0.4, -0.2) is 62.3 Å². The van der Waals surface area contributed by atoms with Crippen molar-refractivity contribution >= 4 is 50.3 Å². The molecule has 10 heteroatoms. The fourth-order valence-electron chi connectivity index (χ4n) is 4.06. The third kappa shape index (κ3) is 4.95. The first-order chi connectivity index (χ1) is 14.7. The maximum absolute atomic E-state index is 13.3. The SMILES string of the molecule is CN1CCc2ccc(NC(=O)C3(NC(=O)c4ccc(Cl)s4)CCS(=O)(=O)C3)cc2CC1. The fraction of sp³-hybridized carbons (Fsp3) is 0.429. The molecule has 1 atom stereocenters. The molecule has 2 N–H and O–H groups in total. The number of nitrogens with zero attached hydrogens (tertiary/aromatic N) is 1. The lowest BCUT2D eigenvalue weighted by atomic mass is 9.96. The second kappa shape index (κ2) is 8.54. The first-order valence-electron chi connectivity index (χ1n) is 10.1. The molecule has 1 aromatic heterocycles. The van der Waals surface area contributed by atoms with Gasteiger partial charge in [0.25, 0.3) is 11.8 Å². The molecule has 1 saturated heterocycles. The van der Waals surface area contributed by atoms with Crippen molar-refractivity contribution in [3.8, 4) is 0 Å². The summed E-state index contributed by atoms with van der Waals surface area (Å²) in [6, 6.07) is 8.94. The third-order valence-electron chi connectivity index (χ3n) is 5.88. The molecule has 1 unspecified atom stereocenters. The largest absolute Gasteiger partial charge is 0.336 e. The summed E-state index contributed by atoms with van der Waals surface area (Å²) in [6.45, 7) is 1.92. The minimum absolute atomic E-state index is 0.0295. The summed E-state index contributed by atoms with van der Waals surface area (Å²) in [4.78, 5) is 28.6. The number of carbonyl (C=O) groups is 2. The van der Waals surface area contributed by atoms with Crippen LogP contribution < -0.4 is 10.6 Å². The number of amides is 2. The molecule has 0 saturated carbocycles. The number of hydrogen-bond acceptors (Lipinski definition) is 6. The maximum atomic E-state index is 13.3. The van der Waals surface area contributed by atoms with E-state index in [2.05, 4.69) is 22.6 Å². The number of fused-ring (bicyclic) bond motifs is 1. The second-order valence-corrected chi connectivity index (χ2v) is 12.1. The standard InChI is InChI=1S/C21H24ClN3O4S2/c1-25-9-6-14-2-3-16(12-15(14)7-10-25)23-20(27)21(8-11-31(28,29)13-21)24-19(26)17-4-5-18(22)30-17/h2-5,12H,6-11,13H2,1H3,(H,23,27)(H,24,26). The number of anilines is 1. The van der Waals surface area contributed by atoms with Crippen molar-refractivity contribution in [3.63, 3.8) is 0 Å². The van der Waals surface area contributed by atoms with Crippen molar-refractivity contribution in [1.29, 1.82) is 0 Å². The van der Waals surface area contributed by atoms with Crippen LogP contribution in [0.4, 0.5) is 5.69 Å². The summed E-state index contributed by atoms with van der Waals surface area (Å²) in [5, 5.41) is 5.54. The number of carbonyl (C=O) groups excluding carboxylic acids is 2. The van der Waals surface area contributed by atoms with Crippen LogP contribution in [0.3, 0.4) is 0 Å². The Balaban J connectivity index is 1.56. The van der Waals surface area contributed by atoms with Gasteiger partial charge in [0.05, 0.1) is 20.7 Å². The average Bonchev–Trinajstić information content (AvgIpc) is 3.22. The molecule has 7 nitrogen and oxygen atoms in total. The lowest BCUT2D eigenvalue weighted by molar-refractivity contribution is -0.121. The summed E-state index contributed by atoms with van der Waals surface area (Å²) in [5.74, 6) is -1.60. The number of halogens is 1. The summed E-state index contributed by atoms with van der Waals surface area (Å²) in [7, 11) is -1.36. The Hall–Kier alpha value is -1.94. The first kappa shape index (κ1) is 22.3. The summed E-state index contributed by atoms with van der Waals surface area (Å²) in [5.41, 5.74) is 1.51. The van der Waals surface area contributed by atoms with Gasteiger partial charge in [-0.3, -0.25) is 9.59 Å². The number of nitrogens with one attached hydrogen (secondary N) is 2. The van der Waals surface area contributed by atoms with Crippen LogP contribution in [0.1, 0.15) is 27.2 Å². The van der Waals surface area contributed by atoms with Gasteiger partial charge in [0.2, 0.25) is 0 Å². The predicted molar refractivity (Wildman–Crippen MR) is 123 cm³/mol. The molecule has 2 amide bonds. The van der Waals surface area contributed by atoms with E-state index in [1.54, 1.807) is 12.1 Å². The number of hydrogen-bond donors (Lipinski definition) is 2. The molecular weight excluding hydrogens is 458 g/mol. The van der Waals surface area contributed by atoms with Gasteiger partial charge in [0, 0.05) is 18.8 Å². The van der Waals surface area contributed by atoms with E-state index in [1.807, 2.05) is 18.2 Å². The molecule has 1 aromatic carbocycles. The van der Waals surface area contributed by atoms with Crippen LogP contribution in [0.15, 0.2) is 30.3 Å². The van der Waals surface area contributed by atoms with Gasteiger partial charge in [-0.25, -0.2) is 8.42 Å². The minimum Gasteiger partial charge on any atom is -0.336 e. The number of likely N-dealkylation sites (N-methyl/N-ethyl adjacent to an activating group) is 1. The predicted octanol–water partition coefficient (Wildman–Crippen LogP) is 2.36. The highest BCUT2D eigenvalue weighted by atomic mass is 35.5. The van der Waals surface area contributed by atoms with Crippen LogP contribution in [0.5, 0.6) is 0 Å². The molecule has 2 aliphatic rings. The van der Waals surface area contributed by atoms with E-state index < -0.39 is 32.9 Å². The van der Waals surface area contributed by atoms with E-state index in [4.69, 9.17) is 11.6 Å². The highest BCUT2D eigenvalue weighted by molar-refractivity contribution is 7.91. The van der Waals surface area contributed by atoms with Gasteiger partial charge >= 0.3 is 0 Å². The highest BCUT2D eigenvalue weighted by Gasteiger charge is 2.49. The Morgan fingerprint density at radius 2 is 1.87 bits per heavy atom. The second-order valence-electron chi connectivity index (χ2n) is 8.22. The van der Waals surface area contributed by atoms with Crippen LogP contribution in [0.2, 0.25) is 4.34 Å². The number of rotatable bonds is 4. The number of thiophene rings is 1. The molecule has 0 aliphatic carbocycles. The van der Waals surface area contributed by atoms with Gasteiger partial charge in [0.15, 0.2) is 9.84 Å². The Bertz CT molecular complexity index is 1130. The molecule has 1 fully saturated rings. The molecule has 0 bridgehead atoms. The lowest BCUT2D eigenvalue weighted by Gasteiger charge is -2.27. The molecule has 2 aromatic rings. The summed E-state index contributed by atoms with van der Waals surface area (Å²) >= 11 is 6.99. The van der Waals surface area contributed by atoms with E-state index in [9.17, 15) is 18.0 Å². The molecule has 0 radical (unpaired) electrons. The van der Waals surface area contributed by atoms with Gasteiger partial charge in [-0.2, -0.15) is 0 Å². The summed E-state index contributed by atoms with van der Waals surface area (Å²) < 4.78 is 24.9. The quantitative estimate of drug-likeness (QED) is 0.699. The summed E-state index contributed by atoms with van der Waals surface area (Å²) in [6.07, 6.45) is 1.86. The molecule has 0 spiro atoms. The topological polar surface area (TPSA) is 95.6 Å². The van der Waals surface area contributed by atoms with Crippen molar-refractivity contribution in [2.75, 3.05) is 37.0 Å². The Labute approximate surface area is 190 Å². The third-order valence-corrected chi connectivity index (χ3v) is 8.87. The van der Waals surface area contributed by atoms with E-state index in [0.29, 0.717) is 14.9 Å². The lowest BCUT2D eigenvalue weighted by Crippen LogP contribution is -2.57. The Kier molecular flexibility index (Phi) is 6.13. The maximum Gasteiger partial charge on any atom is 0.262 e. The van der Waals surface area contributed by atoms with Crippen molar-refractivity contribution in [1.82, 2.24) is 10.2 Å². The first-order valence-corrected chi connectivity index (χ1v) is 13.1. The monoisotopic (exact) mass is 481 g/mol. The van der Waals surface area contributed by atoms with Gasteiger partial charge in [0.1, 0.15) is 5.54 Å². The molecular formula is C21H24ClN3O4S2. The van der Waals surface area contributed by atoms with Crippen LogP contribution in [0.25, 0.3) is 0 Å². The van der Waals surface area contributed by atoms with E-state index >= 15 is 0 Å². The fourth-order valence-corrected chi connectivity index (χ4v) is 6.91. The van der Waals surface area contributed by atoms with Crippen molar-refractivity contribution in [2.45, 2.75) is 24.8 Å². The van der Waals surface area contributed by atoms with Gasteiger partial charge in [-0.05, 0) is 61.7 Å². The zero-order valence-electron chi connectivity index (χ0n) is 17.1. The van der Waals surface area contributed by atoms with Crippen molar-refractivity contribution in [2.24, 2.45) is 0 Å². The smallest absolute Gasteiger partial charge is 0.262 e. The molecule has 31 heavy (non-hydrogen) atoms. The molecule has 4 rings (SSSR count). The zero-order valence-corrected chi connectivity index (χ0v) is 19.5. The van der Waals surface area contributed by atoms with Crippen LogP contribution >= 0.6 is 22.9 Å². The molecule has 3 heterocycles. The van der Waals surface area contributed by atoms with Gasteiger partial charge in [-0.1, -0.05) is 17.7 Å². The van der Waals surface area contributed by atoms with Gasteiger partial charge in [-0.15, -0.1) is 11.3 Å². The van der Waals surface area contributed by atoms with Crippen LogP contribution in [-0.2, 0) is 27.5 Å². The van der Waals surface area contributed by atoms with E-state index in [1.165, 1.54) is 11.1 Å². The van der Waals surface area contributed by atoms with E-state index in [-0.39, 0.29) is 12.2 Å². The highest BCUT2D eigenvalue weighted by Crippen LogP contribution is 2.29. The average molecular weight is 482 g/mol. The van der Waals surface area contributed by atoms with Crippen molar-refractivity contribution < 1.29 is 18.0 Å². The zero-order chi connectivity index (χ0) is 22.2. The van der Waals surface area contributed by atoms with E-state index in [0.717, 1.165) is 37.3 Å². The molecule has 166 valence electrons. The minimum atomic E-state index is -3.44. The normalized spacial score (nSPS) is 23.0. The molecule has 2 aliphatic heterocycles.